The van der Waals surface area contributed by atoms with Gasteiger partial charge in [0.15, 0.2) is 0 Å². The molecule has 0 aliphatic heterocycles. The summed E-state index contributed by atoms with van der Waals surface area (Å²) < 4.78 is 0. The topological polar surface area (TPSA) is 38.0 Å². The van der Waals surface area contributed by atoms with Crippen molar-refractivity contribution in [1.29, 1.82) is 0 Å². The third-order valence-electron chi connectivity index (χ3n) is 5.04. The molecule has 0 saturated heterocycles. The Morgan fingerprint density at radius 2 is 2.11 bits per heavy atom. The van der Waals surface area contributed by atoms with Crippen LogP contribution in [-0.4, -0.2) is 6.04 Å². The van der Waals surface area contributed by atoms with Gasteiger partial charge in [-0.25, -0.2) is 0 Å². The highest BCUT2D eigenvalue weighted by Gasteiger charge is 2.31. The zero-order chi connectivity index (χ0) is 12.8. The largest absolute Gasteiger partial charge is 0.271 e. The molecule has 0 radical (unpaired) electrons. The number of hydrazine groups is 1. The van der Waals surface area contributed by atoms with Crippen molar-refractivity contribution in [2.75, 3.05) is 0 Å². The molecule has 1 saturated carbocycles. The highest BCUT2D eigenvalue weighted by molar-refractivity contribution is 5.14. The van der Waals surface area contributed by atoms with Crippen molar-refractivity contribution in [3.63, 3.8) is 0 Å². The van der Waals surface area contributed by atoms with E-state index in [2.05, 4.69) is 18.4 Å². The standard InChI is InChI=1S/C16H30N2/c1-2-13-10-11-15(12-13)16(18-17)14-8-6-4-3-5-7-9-14/h8,13,15-16,18H,2-7,9-12,17H2,1H3. The van der Waals surface area contributed by atoms with Crippen molar-refractivity contribution >= 4 is 0 Å². The SMILES string of the molecule is CCC1CCC(C(NN)C2=CCCCCCC2)C1. The maximum Gasteiger partial charge on any atom is 0.0448 e. The predicted octanol–water partition coefficient (Wildman–Crippen LogP) is 3.93. The fourth-order valence-corrected chi connectivity index (χ4v) is 3.83. The van der Waals surface area contributed by atoms with Gasteiger partial charge in [0.05, 0.1) is 0 Å². The Morgan fingerprint density at radius 1 is 1.28 bits per heavy atom. The molecule has 0 bridgehead atoms. The Balaban J connectivity index is 1.98. The molecule has 1 fully saturated rings. The van der Waals surface area contributed by atoms with E-state index in [1.165, 1.54) is 64.2 Å². The minimum Gasteiger partial charge on any atom is -0.271 e. The van der Waals surface area contributed by atoms with Gasteiger partial charge < -0.3 is 0 Å². The van der Waals surface area contributed by atoms with E-state index in [4.69, 9.17) is 5.84 Å². The van der Waals surface area contributed by atoms with Crippen LogP contribution in [0.1, 0.15) is 71.1 Å². The maximum absolute atomic E-state index is 5.87. The van der Waals surface area contributed by atoms with Crippen LogP contribution >= 0.6 is 0 Å². The zero-order valence-corrected chi connectivity index (χ0v) is 12.0. The van der Waals surface area contributed by atoms with Crippen molar-refractivity contribution in [2.24, 2.45) is 17.7 Å². The van der Waals surface area contributed by atoms with Crippen LogP contribution in [0.15, 0.2) is 11.6 Å². The Hall–Kier alpha value is -0.340. The number of hydrogen-bond acceptors (Lipinski definition) is 2. The fraction of sp³-hybridized carbons (Fsp3) is 0.875. The molecule has 2 aliphatic rings. The van der Waals surface area contributed by atoms with E-state index in [9.17, 15) is 0 Å². The molecule has 3 atom stereocenters. The van der Waals surface area contributed by atoms with Crippen molar-refractivity contribution in [3.8, 4) is 0 Å². The molecule has 0 aromatic carbocycles. The second-order valence-corrected chi connectivity index (χ2v) is 6.22. The molecule has 0 spiro atoms. The molecule has 2 nitrogen and oxygen atoms in total. The van der Waals surface area contributed by atoms with Crippen LogP contribution in [0, 0.1) is 11.8 Å². The molecule has 2 heteroatoms. The van der Waals surface area contributed by atoms with E-state index in [1.807, 2.05) is 0 Å². The van der Waals surface area contributed by atoms with E-state index < -0.39 is 0 Å². The lowest BCUT2D eigenvalue weighted by molar-refractivity contribution is 0.375. The molecule has 3 unspecified atom stereocenters. The fourth-order valence-electron chi connectivity index (χ4n) is 3.83. The van der Waals surface area contributed by atoms with Gasteiger partial charge in [0, 0.05) is 6.04 Å². The van der Waals surface area contributed by atoms with Gasteiger partial charge in [-0.3, -0.25) is 11.3 Å². The van der Waals surface area contributed by atoms with E-state index >= 15 is 0 Å². The van der Waals surface area contributed by atoms with Crippen LogP contribution in [0.4, 0.5) is 0 Å². The zero-order valence-electron chi connectivity index (χ0n) is 12.0. The number of hydrogen-bond donors (Lipinski definition) is 2. The smallest absolute Gasteiger partial charge is 0.0448 e. The summed E-state index contributed by atoms with van der Waals surface area (Å²) in [4.78, 5) is 0. The van der Waals surface area contributed by atoms with Crippen LogP contribution in [0.25, 0.3) is 0 Å². The summed E-state index contributed by atoms with van der Waals surface area (Å²) >= 11 is 0. The molecule has 0 heterocycles. The third kappa shape index (κ3) is 3.58. The molecule has 18 heavy (non-hydrogen) atoms. The van der Waals surface area contributed by atoms with Gasteiger partial charge >= 0.3 is 0 Å². The second-order valence-electron chi connectivity index (χ2n) is 6.22. The highest BCUT2D eigenvalue weighted by Crippen LogP contribution is 2.37. The lowest BCUT2D eigenvalue weighted by atomic mass is 9.86. The summed E-state index contributed by atoms with van der Waals surface area (Å²) in [6.07, 6.45) is 16.0. The number of allylic oxidation sites excluding steroid dienone is 1. The van der Waals surface area contributed by atoms with E-state index in [0.717, 1.165) is 11.8 Å². The van der Waals surface area contributed by atoms with Crippen LogP contribution in [-0.2, 0) is 0 Å². The molecule has 0 aromatic rings. The molecule has 0 amide bonds. The summed E-state index contributed by atoms with van der Waals surface area (Å²) in [7, 11) is 0. The number of nitrogens with one attached hydrogen (secondary N) is 1. The summed E-state index contributed by atoms with van der Waals surface area (Å²) in [5, 5.41) is 0. The molecule has 2 rings (SSSR count). The highest BCUT2D eigenvalue weighted by atomic mass is 15.2. The maximum atomic E-state index is 5.87. The monoisotopic (exact) mass is 250 g/mol. The Morgan fingerprint density at radius 3 is 2.83 bits per heavy atom. The van der Waals surface area contributed by atoms with Crippen molar-refractivity contribution in [3.05, 3.63) is 11.6 Å². The van der Waals surface area contributed by atoms with Gasteiger partial charge in [-0.15, -0.1) is 0 Å². The first-order chi connectivity index (χ1) is 8.85. The first kappa shape index (κ1) is 14.1. The van der Waals surface area contributed by atoms with Crippen LogP contribution in [0.2, 0.25) is 0 Å². The lowest BCUT2D eigenvalue weighted by Crippen LogP contribution is -2.41. The van der Waals surface area contributed by atoms with Gasteiger partial charge in [-0.1, -0.05) is 44.3 Å². The average Bonchev–Trinajstić information content (AvgIpc) is 2.81. The van der Waals surface area contributed by atoms with Crippen molar-refractivity contribution in [2.45, 2.75) is 77.2 Å². The van der Waals surface area contributed by atoms with Gasteiger partial charge in [-0.2, -0.15) is 0 Å². The van der Waals surface area contributed by atoms with Crippen LogP contribution in [0.3, 0.4) is 0 Å². The van der Waals surface area contributed by atoms with Crippen molar-refractivity contribution in [1.82, 2.24) is 5.43 Å². The summed E-state index contributed by atoms with van der Waals surface area (Å²) in [5.74, 6) is 7.60. The van der Waals surface area contributed by atoms with Crippen LogP contribution < -0.4 is 11.3 Å². The first-order valence-corrected chi connectivity index (χ1v) is 8.00. The second kappa shape index (κ2) is 7.30. The van der Waals surface area contributed by atoms with Gasteiger partial charge in [0.1, 0.15) is 0 Å². The van der Waals surface area contributed by atoms with Crippen molar-refractivity contribution < 1.29 is 0 Å². The van der Waals surface area contributed by atoms with Gasteiger partial charge in [0.25, 0.3) is 0 Å². The molecule has 104 valence electrons. The summed E-state index contributed by atoms with van der Waals surface area (Å²) in [6.45, 7) is 2.33. The molecular weight excluding hydrogens is 220 g/mol. The molecular formula is C16H30N2. The normalized spacial score (nSPS) is 31.6. The Kier molecular flexibility index (Phi) is 5.71. The Bertz CT molecular complexity index is 272. The van der Waals surface area contributed by atoms with E-state index in [1.54, 1.807) is 5.57 Å². The Labute approximate surface area is 112 Å². The summed E-state index contributed by atoms with van der Waals surface area (Å²) in [6, 6.07) is 0.458. The first-order valence-electron chi connectivity index (χ1n) is 8.00. The van der Waals surface area contributed by atoms with Crippen LogP contribution in [0.5, 0.6) is 0 Å². The lowest BCUT2D eigenvalue weighted by Gasteiger charge is -2.27. The summed E-state index contributed by atoms with van der Waals surface area (Å²) in [5.41, 5.74) is 4.75. The quantitative estimate of drug-likeness (QED) is 0.451. The number of nitrogens with two attached hydrogens (primary N) is 1. The molecule has 3 N–H and O–H groups in total. The third-order valence-corrected chi connectivity index (χ3v) is 5.04. The van der Waals surface area contributed by atoms with Gasteiger partial charge in [-0.05, 0) is 50.4 Å². The van der Waals surface area contributed by atoms with Gasteiger partial charge in [0.2, 0.25) is 0 Å². The predicted molar refractivity (Wildman–Crippen MR) is 78.0 cm³/mol. The molecule has 2 aliphatic carbocycles. The van der Waals surface area contributed by atoms with E-state index in [0.29, 0.717) is 6.04 Å². The van der Waals surface area contributed by atoms with E-state index in [-0.39, 0.29) is 0 Å². The minimum atomic E-state index is 0.458. The number of rotatable bonds is 4. The molecule has 0 aromatic heterocycles. The minimum absolute atomic E-state index is 0.458. The average molecular weight is 250 g/mol.